The van der Waals surface area contributed by atoms with Crippen molar-refractivity contribution in [3.05, 3.63) is 64.7 Å². The third-order valence-electron chi connectivity index (χ3n) is 3.49. The lowest BCUT2D eigenvalue weighted by atomic mass is 9.97. The second kappa shape index (κ2) is 6.38. The first-order valence-electron chi connectivity index (χ1n) is 6.83. The molecule has 0 aliphatic rings. The quantitative estimate of drug-likeness (QED) is 0.762. The van der Waals surface area contributed by atoms with Crippen molar-refractivity contribution in [2.75, 3.05) is 7.11 Å². The van der Waals surface area contributed by atoms with Gasteiger partial charge >= 0.3 is 0 Å². The van der Waals surface area contributed by atoms with Gasteiger partial charge in [-0.25, -0.2) is 0 Å². The van der Waals surface area contributed by atoms with Crippen molar-refractivity contribution in [3.63, 3.8) is 0 Å². The van der Waals surface area contributed by atoms with Gasteiger partial charge in [0.25, 0.3) is 0 Å². The number of benzene rings is 2. The van der Waals surface area contributed by atoms with E-state index in [1.54, 1.807) is 7.11 Å². The molecule has 0 saturated heterocycles. The topological polar surface area (TPSA) is 26.3 Å². The lowest BCUT2D eigenvalue weighted by Crippen LogP contribution is -2.04. The number of carbonyl (C=O) groups is 1. The van der Waals surface area contributed by atoms with Crippen LogP contribution in [0.25, 0.3) is 0 Å². The van der Waals surface area contributed by atoms with Crippen LogP contribution in [0.2, 0.25) is 0 Å². The van der Waals surface area contributed by atoms with Gasteiger partial charge in [-0.3, -0.25) is 4.79 Å². The number of ketones is 1. The Morgan fingerprint density at radius 1 is 1.05 bits per heavy atom. The molecule has 2 nitrogen and oxygen atoms in total. The van der Waals surface area contributed by atoms with Crippen LogP contribution in [0.3, 0.4) is 0 Å². The van der Waals surface area contributed by atoms with Crippen LogP contribution in [0.15, 0.2) is 42.5 Å². The molecule has 0 unspecified atom stereocenters. The van der Waals surface area contributed by atoms with Crippen LogP contribution in [0.5, 0.6) is 5.75 Å². The van der Waals surface area contributed by atoms with Crippen LogP contribution in [0.4, 0.5) is 0 Å². The zero-order valence-corrected chi connectivity index (χ0v) is 12.3. The number of aryl methyl sites for hydroxylation is 3. The number of carbonyl (C=O) groups excluding carboxylic acids is 1. The van der Waals surface area contributed by atoms with E-state index in [2.05, 4.69) is 0 Å². The van der Waals surface area contributed by atoms with E-state index in [1.807, 2.05) is 56.3 Å². The molecule has 0 N–H and O–H groups in total. The van der Waals surface area contributed by atoms with E-state index in [4.69, 9.17) is 4.74 Å². The van der Waals surface area contributed by atoms with Gasteiger partial charge in [0.2, 0.25) is 0 Å². The zero-order chi connectivity index (χ0) is 14.5. The molecular formula is C18H20O2. The number of hydrogen-bond donors (Lipinski definition) is 0. The van der Waals surface area contributed by atoms with Crippen LogP contribution in [-0.4, -0.2) is 12.9 Å². The molecule has 20 heavy (non-hydrogen) atoms. The van der Waals surface area contributed by atoms with Crippen molar-refractivity contribution in [2.45, 2.75) is 26.7 Å². The highest BCUT2D eigenvalue weighted by Crippen LogP contribution is 2.16. The Hall–Kier alpha value is -2.09. The average molecular weight is 268 g/mol. The highest BCUT2D eigenvalue weighted by Gasteiger charge is 2.09. The van der Waals surface area contributed by atoms with Gasteiger partial charge in [-0.2, -0.15) is 0 Å². The van der Waals surface area contributed by atoms with Crippen molar-refractivity contribution in [2.24, 2.45) is 0 Å². The minimum absolute atomic E-state index is 0.210. The number of methoxy groups -OCH3 is 1. The molecule has 0 spiro atoms. The zero-order valence-electron chi connectivity index (χ0n) is 12.3. The summed E-state index contributed by atoms with van der Waals surface area (Å²) in [5, 5.41) is 0. The Kier molecular flexibility index (Phi) is 4.57. The smallest absolute Gasteiger partial charge is 0.163 e. The third kappa shape index (κ3) is 3.47. The van der Waals surface area contributed by atoms with Crippen molar-refractivity contribution < 1.29 is 9.53 Å². The second-order valence-electron chi connectivity index (χ2n) is 5.09. The SMILES string of the molecule is COc1ccc(CCC(=O)c2cc(C)ccc2C)cc1. The lowest BCUT2D eigenvalue weighted by molar-refractivity contribution is 0.0982. The minimum atomic E-state index is 0.210. The Morgan fingerprint density at radius 3 is 2.40 bits per heavy atom. The van der Waals surface area contributed by atoms with E-state index in [1.165, 1.54) is 0 Å². The summed E-state index contributed by atoms with van der Waals surface area (Å²) < 4.78 is 5.13. The first-order valence-corrected chi connectivity index (χ1v) is 6.83. The predicted molar refractivity (Wildman–Crippen MR) is 81.6 cm³/mol. The highest BCUT2D eigenvalue weighted by molar-refractivity contribution is 5.97. The lowest BCUT2D eigenvalue weighted by Gasteiger charge is -2.07. The molecule has 0 amide bonds. The van der Waals surface area contributed by atoms with Gasteiger partial charge in [-0.05, 0) is 49.6 Å². The molecule has 2 aromatic carbocycles. The van der Waals surface area contributed by atoms with Crippen LogP contribution >= 0.6 is 0 Å². The fraction of sp³-hybridized carbons (Fsp3) is 0.278. The fourth-order valence-electron chi connectivity index (χ4n) is 2.22. The largest absolute Gasteiger partial charge is 0.497 e. The van der Waals surface area contributed by atoms with Gasteiger partial charge in [-0.15, -0.1) is 0 Å². The summed E-state index contributed by atoms with van der Waals surface area (Å²) in [6.45, 7) is 4.00. The molecule has 0 aliphatic carbocycles. The van der Waals surface area contributed by atoms with E-state index >= 15 is 0 Å². The molecule has 2 heteroatoms. The van der Waals surface area contributed by atoms with E-state index < -0.39 is 0 Å². The van der Waals surface area contributed by atoms with E-state index in [9.17, 15) is 4.79 Å². The molecule has 0 heterocycles. The number of ether oxygens (including phenoxy) is 1. The molecule has 0 bridgehead atoms. The van der Waals surface area contributed by atoms with E-state index in [-0.39, 0.29) is 5.78 Å². The predicted octanol–water partition coefficient (Wildman–Crippen LogP) is 4.13. The van der Waals surface area contributed by atoms with Gasteiger partial charge in [0.1, 0.15) is 5.75 Å². The summed E-state index contributed by atoms with van der Waals surface area (Å²) in [6, 6.07) is 13.9. The summed E-state index contributed by atoms with van der Waals surface area (Å²) in [5.41, 5.74) is 4.18. The van der Waals surface area contributed by atoms with E-state index in [0.29, 0.717) is 6.42 Å². The maximum absolute atomic E-state index is 12.3. The molecular weight excluding hydrogens is 248 g/mol. The van der Waals surface area contributed by atoms with Crippen LogP contribution < -0.4 is 4.74 Å². The molecule has 0 fully saturated rings. The van der Waals surface area contributed by atoms with Crippen molar-refractivity contribution in [1.29, 1.82) is 0 Å². The Balaban J connectivity index is 2.02. The molecule has 104 valence electrons. The fourth-order valence-corrected chi connectivity index (χ4v) is 2.22. The summed E-state index contributed by atoms with van der Waals surface area (Å²) in [7, 11) is 1.65. The average Bonchev–Trinajstić information content (AvgIpc) is 2.47. The molecule has 0 atom stereocenters. The molecule has 0 aromatic heterocycles. The van der Waals surface area contributed by atoms with Gasteiger partial charge in [0.15, 0.2) is 5.78 Å². The second-order valence-corrected chi connectivity index (χ2v) is 5.09. The normalized spacial score (nSPS) is 10.3. The van der Waals surface area contributed by atoms with Crippen molar-refractivity contribution in [3.8, 4) is 5.75 Å². The summed E-state index contributed by atoms with van der Waals surface area (Å²) in [6.07, 6.45) is 1.30. The van der Waals surface area contributed by atoms with E-state index in [0.717, 1.165) is 34.4 Å². The molecule has 0 aliphatic heterocycles. The standard InChI is InChI=1S/C18H20O2/c1-13-4-5-14(2)17(12-13)18(19)11-8-15-6-9-16(20-3)10-7-15/h4-7,9-10,12H,8,11H2,1-3H3. The molecule has 0 saturated carbocycles. The third-order valence-corrected chi connectivity index (χ3v) is 3.49. The van der Waals surface area contributed by atoms with Gasteiger partial charge in [-0.1, -0.05) is 29.8 Å². The van der Waals surface area contributed by atoms with Crippen molar-refractivity contribution >= 4 is 5.78 Å². The molecule has 0 radical (unpaired) electrons. The first kappa shape index (κ1) is 14.3. The Bertz CT molecular complexity index is 597. The number of rotatable bonds is 5. The number of Topliss-reactive ketones (excluding diaryl/α,β-unsaturated/α-hetero) is 1. The van der Waals surface area contributed by atoms with Crippen LogP contribution in [0.1, 0.15) is 33.5 Å². The van der Waals surface area contributed by atoms with Crippen LogP contribution in [0, 0.1) is 13.8 Å². The Labute approximate surface area is 120 Å². The molecule has 2 aromatic rings. The van der Waals surface area contributed by atoms with Gasteiger partial charge < -0.3 is 4.74 Å². The van der Waals surface area contributed by atoms with Crippen molar-refractivity contribution in [1.82, 2.24) is 0 Å². The number of hydrogen-bond acceptors (Lipinski definition) is 2. The minimum Gasteiger partial charge on any atom is -0.497 e. The van der Waals surface area contributed by atoms with Gasteiger partial charge in [0.05, 0.1) is 7.11 Å². The summed E-state index contributed by atoms with van der Waals surface area (Å²) in [5.74, 6) is 1.05. The molecule has 2 rings (SSSR count). The first-order chi connectivity index (χ1) is 9.60. The summed E-state index contributed by atoms with van der Waals surface area (Å²) >= 11 is 0. The van der Waals surface area contributed by atoms with Gasteiger partial charge in [0, 0.05) is 12.0 Å². The summed E-state index contributed by atoms with van der Waals surface area (Å²) in [4.78, 5) is 12.3. The maximum atomic E-state index is 12.3. The Morgan fingerprint density at radius 2 is 1.75 bits per heavy atom. The monoisotopic (exact) mass is 268 g/mol. The van der Waals surface area contributed by atoms with Crippen LogP contribution in [-0.2, 0) is 6.42 Å². The maximum Gasteiger partial charge on any atom is 0.163 e. The highest BCUT2D eigenvalue weighted by atomic mass is 16.5.